The summed E-state index contributed by atoms with van der Waals surface area (Å²) in [5.74, 6) is 0.777. The topological polar surface area (TPSA) is 106 Å². The molecule has 2 aromatic heterocycles. The van der Waals surface area contributed by atoms with Crippen molar-refractivity contribution in [2.24, 2.45) is 0 Å². The number of carbonyl (C=O) groups excluding carboxylic acids is 2. The standard InChI is InChI=1S/C19H25N7O2/c27-17(26-11-9-25(10-12-26)16-3-1-2-6-21-16)5-8-22-19(28)18-14-13-20-7-4-15(14)23-24-18/h1-3,6,20H,4-5,7-13H2,(H,22,28)(H,23,24). The first-order valence-electron chi connectivity index (χ1n) is 9.71. The highest BCUT2D eigenvalue weighted by atomic mass is 16.2. The van der Waals surface area contributed by atoms with Crippen LogP contribution in [-0.2, 0) is 17.8 Å². The number of H-pyrrole nitrogens is 1. The van der Waals surface area contributed by atoms with Gasteiger partial charge in [-0.2, -0.15) is 5.10 Å². The Balaban J connectivity index is 1.22. The fourth-order valence-corrected chi connectivity index (χ4v) is 3.66. The fraction of sp³-hybridized carbons (Fsp3) is 0.474. The van der Waals surface area contributed by atoms with E-state index in [-0.39, 0.29) is 11.8 Å². The van der Waals surface area contributed by atoms with Crippen LogP contribution >= 0.6 is 0 Å². The number of anilines is 1. The van der Waals surface area contributed by atoms with Gasteiger partial charge in [0.1, 0.15) is 5.82 Å². The average Bonchev–Trinajstić information content (AvgIpc) is 3.19. The molecular formula is C19H25N7O2. The maximum atomic E-state index is 12.5. The van der Waals surface area contributed by atoms with Crippen molar-refractivity contribution >= 4 is 17.6 Å². The van der Waals surface area contributed by atoms with Gasteiger partial charge in [-0.25, -0.2) is 4.98 Å². The van der Waals surface area contributed by atoms with Crippen LogP contribution in [0.2, 0.25) is 0 Å². The first-order valence-corrected chi connectivity index (χ1v) is 9.71. The van der Waals surface area contributed by atoms with Crippen molar-refractivity contribution in [2.75, 3.05) is 44.2 Å². The van der Waals surface area contributed by atoms with Crippen LogP contribution in [0.25, 0.3) is 0 Å². The molecular weight excluding hydrogens is 358 g/mol. The van der Waals surface area contributed by atoms with Gasteiger partial charge in [-0.1, -0.05) is 6.07 Å². The monoisotopic (exact) mass is 383 g/mol. The number of hydrogen-bond donors (Lipinski definition) is 3. The van der Waals surface area contributed by atoms with Crippen molar-refractivity contribution in [1.29, 1.82) is 0 Å². The van der Waals surface area contributed by atoms with Crippen LogP contribution in [0.15, 0.2) is 24.4 Å². The smallest absolute Gasteiger partial charge is 0.272 e. The van der Waals surface area contributed by atoms with Crippen LogP contribution in [0.5, 0.6) is 0 Å². The Labute approximate surface area is 163 Å². The van der Waals surface area contributed by atoms with Crippen LogP contribution in [0, 0.1) is 0 Å². The molecule has 148 valence electrons. The molecule has 9 nitrogen and oxygen atoms in total. The van der Waals surface area contributed by atoms with Crippen molar-refractivity contribution in [3.8, 4) is 0 Å². The Kier molecular flexibility index (Phi) is 5.52. The summed E-state index contributed by atoms with van der Waals surface area (Å²) >= 11 is 0. The maximum absolute atomic E-state index is 12.5. The third-order valence-corrected chi connectivity index (χ3v) is 5.25. The Morgan fingerprint density at radius 1 is 1.18 bits per heavy atom. The van der Waals surface area contributed by atoms with Crippen LogP contribution in [0.1, 0.15) is 28.2 Å². The summed E-state index contributed by atoms with van der Waals surface area (Å²) in [7, 11) is 0. The van der Waals surface area contributed by atoms with Gasteiger partial charge in [-0.05, 0) is 12.1 Å². The van der Waals surface area contributed by atoms with Crippen molar-refractivity contribution in [3.05, 3.63) is 41.3 Å². The molecule has 0 atom stereocenters. The summed E-state index contributed by atoms with van der Waals surface area (Å²) in [4.78, 5) is 33.2. The zero-order chi connectivity index (χ0) is 19.3. The quantitative estimate of drug-likeness (QED) is 0.667. The first kappa shape index (κ1) is 18.4. The van der Waals surface area contributed by atoms with E-state index in [9.17, 15) is 9.59 Å². The van der Waals surface area contributed by atoms with Gasteiger partial charge in [0.2, 0.25) is 5.91 Å². The molecule has 0 aliphatic carbocycles. The van der Waals surface area contributed by atoms with Crippen molar-refractivity contribution in [2.45, 2.75) is 19.4 Å². The number of nitrogens with zero attached hydrogens (tertiary/aromatic N) is 4. The van der Waals surface area contributed by atoms with Crippen molar-refractivity contribution < 1.29 is 9.59 Å². The molecule has 0 spiro atoms. The normalized spacial score (nSPS) is 16.6. The minimum atomic E-state index is -0.228. The van der Waals surface area contributed by atoms with E-state index in [2.05, 4.69) is 30.7 Å². The second-order valence-electron chi connectivity index (χ2n) is 7.02. The number of amides is 2. The number of piperazine rings is 1. The SMILES string of the molecule is O=C(NCCC(=O)N1CCN(c2ccccn2)CC1)c1n[nH]c2c1CNCC2. The number of rotatable bonds is 5. The second-order valence-corrected chi connectivity index (χ2v) is 7.02. The van der Waals surface area contributed by atoms with Crippen LogP contribution < -0.4 is 15.5 Å². The van der Waals surface area contributed by atoms with Gasteiger partial charge >= 0.3 is 0 Å². The van der Waals surface area contributed by atoms with E-state index in [0.29, 0.717) is 38.3 Å². The highest BCUT2D eigenvalue weighted by Crippen LogP contribution is 2.15. The van der Waals surface area contributed by atoms with Crippen molar-refractivity contribution in [1.82, 2.24) is 30.7 Å². The molecule has 28 heavy (non-hydrogen) atoms. The minimum Gasteiger partial charge on any atom is -0.353 e. The zero-order valence-corrected chi connectivity index (χ0v) is 15.8. The molecule has 3 N–H and O–H groups in total. The number of fused-ring (bicyclic) bond motifs is 1. The third kappa shape index (κ3) is 3.99. The fourth-order valence-electron chi connectivity index (χ4n) is 3.66. The number of hydrogen-bond acceptors (Lipinski definition) is 6. The van der Waals surface area contributed by atoms with Gasteiger partial charge in [0.05, 0.1) is 0 Å². The molecule has 0 saturated carbocycles. The molecule has 2 amide bonds. The van der Waals surface area contributed by atoms with E-state index >= 15 is 0 Å². The van der Waals surface area contributed by atoms with Gasteiger partial charge in [0, 0.05) is 76.1 Å². The summed E-state index contributed by atoms with van der Waals surface area (Å²) in [5.41, 5.74) is 2.38. The summed E-state index contributed by atoms with van der Waals surface area (Å²) in [6.45, 7) is 4.71. The van der Waals surface area contributed by atoms with Gasteiger partial charge in [0.25, 0.3) is 5.91 Å². The van der Waals surface area contributed by atoms with Crippen molar-refractivity contribution in [3.63, 3.8) is 0 Å². The Morgan fingerprint density at radius 3 is 2.82 bits per heavy atom. The molecule has 2 aromatic rings. The zero-order valence-electron chi connectivity index (χ0n) is 15.8. The predicted molar refractivity (Wildman–Crippen MR) is 104 cm³/mol. The van der Waals surface area contributed by atoms with Crippen LogP contribution in [0.3, 0.4) is 0 Å². The number of aromatic amines is 1. The van der Waals surface area contributed by atoms with Crippen LogP contribution in [0.4, 0.5) is 5.82 Å². The molecule has 4 rings (SSSR count). The molecule has 2 aliphatic heterocycles. The lowest BCUT2D eigenvalue weighted by molar-refractivity contribution is -0.131. The lowest BCUT2D eigenvalue weighted by Gasteiger charge is -2.35. The molecule has 9 heteroatoms. The molecule has 2 aliphatic rings. The molecule has 1 fully saturated rings. The van der Waals surface area contributed by atoms with Gasteiger partial charge in [-0.3, -0.25) is 14.7 Å². The summed E-state index contributed by atoms with van der Waals surface area (Å²) in [6.07, 6.45) is 2.92. The Hall–Kier alpha value is -2.94. The third-order valence-electron chi connectivity index (χ3n) is 5.25. The van der Waals surface area contributed by atoms with E-state index < -0.39 is 0 Å². The maximum Gasteiger partial charge on any atom is 0.272 e. The van der Waals surface area contributed by atoms with E-state index in [1.165, 1.54) is 0 Å². The lowest BCUT2D eigenvalue weighted by Crippen LogP contribution is -2.49. The molecule has 0 aromatic carbocycles. The highest BCUT2D eigenvalue weighted by molar-refractivity contribution is 5.94. The summed E-state index contributed by atoms with van der Waals surface area (Å²) in [6, 6.07) is 5.85. The van der Waals surface area contributed by atoms with Gasteiger partial charge in [-0.15, -0.1) is 0 Å². The van der Waals surface area contributed by atoms with E-state index in [4.69, 9.17) is 0 Å². The molecule has 0 unspecified atom stereocenters. The first-order chi connectivity index (χ1) is 13.7. The highest BCUT2D eigenvalue weighted by Gasteiger charge is 2.23. The van der Waals surface area contributed by atoms with Crippen LogP contribution in [-0.4, -0.2) is 71.2 Å². The van der Waals surface area contributed by atoms with E-state index in [1.54, 1.807) is 6.20 Å². The summed E-state index contributed by atoms with van der Waals surface area (Å²) < 4.78 is 0. The largest absolute Gasteiger partial charge is 0.353 e. The number of pyridine rings is 1. The Morgan fingerprint density at radius 2 is 2.04 bits per heavy atom. The number of carbonyl (C=O) groups is 2. The molecule has 4 heterocycles. The Bertz CT molecular complexity index is 828. The molecule has 1 saturated heterocycles. The summed E-state index contributed by atoms with van der Waals surface area (Å²) in [5, 5.41) is 13.1. The average molecular weight is 383 g/mol. The number of nitrogens with one attached hydrogen (secondary N) is 3. The number of aromatic nitrogens is 3. The van der Waals surface area contributed by atoms with Gasteiger partial charge in [0.15, 0.2) is 5.69 Å². The second kappa shape index (κ2) is 8.39. The van der Waals surface area contributed by atoms with E-state index in [1.807, 2.05) is 23.1 Å². The lowest BCUT2D eigenvalue weighted by atomic mass is 10.1. The molecule has 0 radical (unpaired) electrons. The van der Waals surface area contributed by atoms with E-state index in [0.717, 1.165) is 43.1 Å². The van der Waals surface area contributed by atoms with Gasteiger partial charge < -0.3 is 20.4 Å². The minimum absolute atomic E-state index is 0.0618. The predicted octanol–water partition coefficient (Wildman–Crippen LogP) is -0.0809. The molecule has 0 bridgehead atoms.